The number of aromatic amines is 1. The van der Waals surface area contributed by atoms with Crippen molar-refractivity contribution < 1.29 is 22.8 Å². The number of urea groups is 1. The third kappa shape index (κ3) is 4.39. The molecule has 1 atom stereocenters. The largest absolute Gasteiger partial charge is 0.361 e. The minimum absolute atomic E-state index is 0.0205. The number of carbonyl (C=O) groups excluding carboxylic acids is 3. The Hall–Kier alpha value is -3.70. The first-order valence-corrected chi connectivity index (χ1v) is 12.0. The second-order valence-corrected chi connectivity index (χ2v) is 10.5. The molecule has 2 aromatic carbocycles. The number of imide groups is 1. The van der Waals surface area contributed by atoms with Gasteiger partial charge in [0.15, 0.2) is 0 Å². The Kier molecular flexibility index (Phi) is 6.15. The lowest BCUT2D eigenvalue weighted by Gasteiger charge is -2.16. The molecule has 0 aliphatic carbocycles. The van der Waals surface area contributed by atoms with Crippen LogP contribution in [0.4, 0.5) is 10.5 Å². The van der Waals surface area contributed by atoms with Crippen LogP contribution in [0.1, 0.15) is 11.1 Å². The van der Waals surface area contributed by atoms with E-state index in [0.29, 0.717) is 5.56 Å². The number of amides is 4. The Morgan fingerprint density at radius 3 is 2.62 bits per heavy atom. The maximum Gasteiger partial charge on any atom is 0.325 e. The number of rotatable bonds is 7. The predicted molar refractivity (Wildman–Crippen MR) is 127 cm³/mol. The number of hydrogen-bond donors (Lipinski definition) is 3. The molecule has 3 N–H and O–H groups in total. The van der Waals surface area contributed by atoms with E-state index in [2.05, 4.69) is 15.6 Å². The van der Waals surface area contributed by atoms with Crippen molar-refractivity contribution in [3.8, 4) is 0 Å². The highest BCUT2D eigenvalue weighted by atomic mass is 32.2. The molecular weight excluding hydrogens is 458 g/mol. The standard InChI is InChI=1S/C23H25N5O5S/c1-14-8-9-16(34(32,33)27(2)3)11-19(14)25-21(29)13-28-22(30)20(26-23(28)31)10-15-12-24-18-7-5-4-6-17(15)18/h4-9,11-12,20,24H,10,13H2,1-3H3,(H,25,29)(H,26,31)/t20-/m1/s1. The maximum atomic E-state index is 12.9. The van der Waals surface area contributed by atoms with Crippen LogP contribution in [0.25, 0.3) is 10.9 Å². The van der Waals surface area contributed by atoms with E-state index in [-0.39, 0.29) is 17.0 Å². The van der Waals surface area contributed by atoms with Gasteiger partial charge in [-0.1, -0.05) is 24.3 Å². The lowest BCUT2D eigenvalue weighted by molar-refractivity contribution is -0.130. The minimum Gasteiger partial charge on any atom is -0.361 e. The van der Waals surface area contributed by atoms with Gasteiger partial charge in [0.05, 0.1) is 4.90 Å². The highest BCUT2D eigenvalue weighted by Crippen LogP contribution is 2.23. The van der Waals surface area contributed by atoms with Crippen molar-refractivity contribution in [1.82, 2.24) is 19.5 Å². The Morgan fingerprint density at radius 2 is 1.88 bits per heavy atom. The fraction of sp³-hybridized carbons (Fsp3) is 0.261. The van der Waals surface area contributed by atoms with Gasteiger partial charge in [0.1, 0.15) is 12.6 Å². The number of aromatic nitrogens is 1. The van der Waals surface area contributed by atoms with Gasteiger partial charge in [-0.2, -0.15) is 0 Å². The zero-order chi connectivity index (χ0) is 24.6. The molecule has 11 heteroatoms. The van der Waals surface area contributed by atoms with Crippen LogP contribution >= 0.6 is 0 Å². The highest BCUT2D eigenvalue weighted by Gasteiger charge is 2.39. The zero-order valence-electron chi connectivity index (χ0n) is 19.0. The second-order valence-electron chi connectivity index (χ2n) is 8.30. The van der Waals surface area contributed by atoms with Gasteiger partial charge in [-0.25, -0.2) is 17.5 Å². The number of anilines is 1. The Morgan fingerprint density at radius 1 is 1.15 bits per heavy atom. The number of nitrogens with one attached hydrogen (secondary N) is 3. The summed E-state index contributed by atoms with van der Waals surface area (Å²) in [7, 11) is -0.860. The van der Waals surface area contributed by atoms with Crippen LogP contribution in [0.15, 0.2) is 53.6 Å². The monoisotopic (exact) mass is 483 g/mol. The minimum atomic E-state index is -3.69. The van der Waals surface area contributed by atoms with Crippen molar-refractivity contribution in [2.45, 2.75) is 24.3 Å². The molecule has 4 rings (SSSR count). The number of hydrogen-bond acceptors (Lipinski definition) is 5. The number of nitrogens with zero attached hydrogens (tertiary/aromatic N) is 2. The van der Waals surface area contributed by atoms with E-state index in [9.17, 15) is 22.8 Å². The average molecular weight is 484 g/mol. The smallest absolute Gasteiger partial charge is 0.325 e. The molecule has 10 nitrogen and oxygen atoms in total. The van der Waals surface area contributed by atoms with Crippen molar-refractivity contribution in [3.05, 3.63) is 59.8 Å². The fourth-order valence-corrected chi connectivity index (χ4v) is 4.75. The lowest BCUT2D eigenvalue weighted by Crippen LogP contribution is -2.38. The normalized spacial score (nSPS) is 16.4. The van der Waals surface area contributed by atoms with E-state index in [1.807, 2.05) is 24.3 Å². The van der Waals surface area contributed by atoms with Crippen LogP contribution in [-0.4, -0.2) is 67.1 Å². The molecule has 0 bridgehead atoms. The molecular formula is C23H25N5O5S. The molecule has 1 aromatic heterocycles. The summed E-state index contributed by atoms with van der Waals surface area (Å²) in [4.78, 5) is 42.0. The van der Waals surface area contributed by atoms with Crippen molar-refractivity contribution in [3.63, 3.8) is 0 Å². The summed E-state index contributed by atoms with van der Waals surface area (Å²) in [5, 5.41) is 6.21. The summed E-state index contributed by atoms with van der Waals surface area (Å²) < 4.78 is 25.9. The molecule has 1 aliphatic heterocycles. The number of carbonyl (C=O) groups is 3. The number of para-hydroxylation sites is 1. The van der Waals surface area contributed by atoms with Gasteiger partial charge in [0.25, 0.3) is 5.91 Å². The molecule has 1 fully saturated rings. The van der Waals surface area contributed by atoms with E-state index >= 15 is 0 Å². The molecule has 178 valence electrons. The third-order valence-electron chi connectivity index (χ3n) is 5.77. The van der Waals surface area contributed by atoms with Gasteiger partial charge in [0.2, 0.25) is 15.9 Å². The topological polar surface area (TPSA) is 132 Å². The van der Waals surface area contributed by atoms with Crippen LogP contribution < -0.4 is 10.6 Å². The Labute approximate surface area is 197 Å². The van der Waals surface area contributed by atoms with Gasteiger partial charge in [-0.05, 0) is 36.2 Å². The van der Waals surface area contributed by atoms with E-state index in [0.717, 1.165) is 25.7 Å². The SMILES string of the molecule is Cc1ccc(S(=O)(=O)N(C)C)cc1NC(=O)CN1C(=O)N[C@H](Cc2c[nH]c3ccccc23)C1=O. The molecule has 34 heavy (non-hydrogen) atoms. The molecule has 2 heterocycles. The molecule has 0 saturated carbocycles. The summed E-state index contributed by atoms with van der Waals surface area (Å²) in [6, 6.07) is 10.6. The molecule has 0 unspecified atom stereocenters. The Bertz CT molecular complexity index is 1400. The third-order valence-corrected chi connectivity index (χ3v) is 7.58. The molecule has 3 aromatic rings. The van der Waals surface area contributed by atoms with Gasteiger partial charge in [-0.3, -0.25) is 14.5 Å². The fourth-order valence-electron chi connectivity index (χ4n) is 3.83. The number of benzene rings is 2. The summed E-state index contributed by atoms with van der Waals surface area (Å²) in [5.41, 5.74) is 2.74. The zero-order valence-corrected chi connectivity index (χ0v) is 19.8. The molecule has 4 amide bonds. The first-order valence-electron chi connectivity index (χ1n) is 10.6. The quantitative estimate of drug-likeness (QED) is 0.441. The van der Waals surface area contributed by atoms with Gasteiger partial charge in [0, 0.05) is 43.3 Å². The van der Waals surface area contributed by atoms with E-state index in [1.165, 1.54) is 26.2 Å². The van der Waals surface area contributed by atoms with Gasteiger partial charge < -0.3 is 15.6 Å². The predicted octanol–water partition coefficient (Wildman–Crippen LogP) is 1.83. The average Bonchev–Trinajstić information content (AvgIpc) is 3.31. The van der Waals surface area contributed by atoms with Crippen LogP contribution in [0.5, 0.6) is 0 Å². The second kappa shape index (κ2) is 8.92. The Balaban J connectivity index is 1.45. The summed E-state index contributed by atoms with van der Waals surface area (Å²) >= 11 is 0. The number of aryl methyl sites for hydroxylation is 1. The van der Waals surface area contributed by atoms with Crippen molar-refractivity contribution in [1.29, 1.82) is 0 Å². The number of sulfonamides is 1. The van der Waals surface area contributed by atoms with Crippen molar-refractivity contribution in [2.75, 3.05) is 26.0 Å². The first-order chi connectivity index (χ1) is 16.1. The summed E-state index contributed by atoms with van der Waals surface area (Å²) in [5.74, 6) is -1.11. The summed E-state index contributed by atoms with van der Waals surface area (Å²) in [6.45, 7) is 1.23. The van der Waals surface area contributed by atoms with Crippen molar-refractivity contribution in [2.24, 2.45) is 0 Å². The first kappa shape index (κ1) is 23.5. The van der Waals surface area contributed by atoms with Crippen LogP contribution in [-0.2, 0) is 26.0 Å². The molecule has 0 spiro atoms. The number of H-pyrrole nitrogens is 1. The van der Waals surface area contributed by atoms with E-state index in [1.54, 1.807) is 19.2 Å². The number of fused-ring (bicyclic) bond motifs is 1. The highest BCUT2D eigenvalue weighted by molar-refractivity contribution is 7.89. The van der Waals surface area contributed by atoms with Crippen LogP contribution in [0, 0.1) is 6.92 Å². The van der Waals surface area contributed by atoms with Gasteiger partial charge in [-0.15, -0.1) is 0 Å². The lowest BCUT2D eigenvalue weighted by atomic mass is 10.1. The van der Waals surface area contributed by atoms with Gasteiger partial charge >= 0.3 is 6.03 Å². The van der Waals surface area contributed by atoms with E-state index in [4.69, 9.17) is 0 Å². The van der Waals surface area contributed by atoms with Crippen LogP contribution in [0.3, 0.4) is 0 Å². The van der Waals surface area contributed by atoms with Crippen LogP contribution in [0.2, 0.25) is 0 Å². The van der Waals surface area contributed by atoms with E-state index < -0.39 is 40.5 Å². The maximum absolute atomic E-state index is 12.9. The molecule has 1 aliphatic rings. The summed E-state index contributed by atoms with van der Waals surface area (Å²) in [6.07, 6.45) is 2.09. The van der Waals surface area contributed by atoms with Crippen molar-refractivity contribution >= 4 is 44.5 Å². The molecule has 0 radical (unpaired) electrons. The molecule has 1 saturated heterocycles.